The van der Waals surface area contributed by atoms with Gasteiger partial charge in [-0.2, -0.15) is 0 Å². The van der Waals surface area contributed by atoms with E-state index in [-0.39, 0.29) is 0 Å². The first kappa shape index (κ1) is 16.2. The number of ether oxygens (including phenoxy) is 1. The third kappa shape index (κ3) is 5.29. The van der Waals surface area contributed by atoms with Crippen LogP contribution in [0.4, 0.5) is 0 Å². The van der Waals surface area contributed by atoms with Crippen molar-refractivity contribution in [2.45, 2.75) is 44.6 Å². The van der Waals surface area contributed by atoms with Gasteiger partial charge in [-0.05, 0) is 50.6 Å². The molecule has 1 saturated carbocycles. The SMILES string of the molecule is CN(CCCOc1ccc(C(N)=S)cc1)C1CCCCC1. The molecule has 0 atom stereocenters. The minimum Gasteiger partial charge on any atom is -0.494 e. The van der Waals surface area contributed by atoms with Gasteiger partial charge in [0.25, 0.3) is 0 Å². The molecule has 1 aromatic carbocycles. The van der Waals surface area contributed by atoms with Crippen molar-refractivity contribution in [2.24, 2.45) is 5.73 Å². The molecule has 1 aliphatic rings. The van der Waals surface area contributed by atoms with Crippen molar-refractivity contribution in [2.75, 3.05) is 20.2 Å². The summed E-state index contributed by atoms with van der Waals surface area (Å²) in [7, 11) is 2.24. The largest absolute Gasteiger partial charge is 0.494 e. The maximum Gasteiger partial charge on any atom is 0.119 e. The Morgan fingerprint density at radius 3 is 2.52 bits per heavy atom. The molecule has 3 nitrogen and oxygen atoms in total. The van der Waals surface area contributed by atoms with Gasteiger partial charge in [0.05, 0.1) is 6.61 Å². The number of nitrogens with two attached hydrogens (primary N) is 1. The van der Waals surface area contributed by atoms with Gasteiger partial charge >= 0.3 is 0 Å². The number of thiocarbonyl (C=S) groups is 1. The summed E-state index contributed by atoms with van der Waals surface area (Å²) < 4.78 is 5.77. The zero-order valence-corrected chi connectivity index (χ0v) is 13.7. The average molecular weight is 306 g/mol. The second-order valence-electron chi connectivity index (χ2n) is 5.86. The summed E-state index contributed by atoms with van der Waals surface area (Å²) >= 11 is 4.93. The minimum atomic E-state index is 0.427. The molecule has 1 aromatic rings. The van der Waals surface area contributed by atoms with Crippen LogP contribution >= 0.6 is 12.2 Å². The summed E-state index contributed by atoms with van der Waals surface area (Å²) in [5, 5.41) is 0. The van der Waals surface area contributed by atoms with Gasteiger partial charge in [0.2, 0.25) is 0 Å². The van der Waals surface area contributed by atoms with E-state index in [9.17, 15) is 0 Å². The van der Waals surface area contributed by atoms with E-state index in [1.165, 1.54) is 32.1 Å². The van der Waals surface area contributed by atoms with E-state index in [2.05, 4.69) is 11.9 Å². The van der Waals surface area contributed by atoms with E-state index in [1.807, 2.05) is 24.3 Å². The summed E-state index contributed by atoms with van der Waals surface area (Å²) in [5.74, 6) is 0.885. The molecule has 0 amide bonds. The van der Waals surface area contributed by atoms with Crippen LogP contribution < -0.4 is 10.5 Å². The Labute approximate surface area is 133 Å². The molecule has 0 radical (unpaired) electrons. The number of hydrogen-bond acceptors (Lipinski definition) is 3. The molecule has 0 heterocycles. The molecule has 0 bridgehead atoms. The Kier molecular flexibility index (Phi) is 6.46. The lowest BCUT2D eigenvalue weighted by Crippen LogP contribution is -2.34. The van der Waals surface area contributed by atoms with E-state index in [4.69, 9.17) is 22.7 Å². The fraction of sp³-hybridized carbons (Fsp3) is 0.588. The van der Waals surface area contributed by atoms with Crippen LogP contribution in [0.25, 0.3) is 0 Å². The van der Waals surface area contributed by atoms with Crippen molar-refractivity contribution in [1.82, 2.24) is 4.90 Å². The highest BCUT2D eigenvalue weighted by atomic mass is 32.1. The Bertz CT molecular complexity index is 441. The molecule has 0 saturated heterocycles. The molecule has 0 aliphatic heterocycles. The predicted octanol–water partition coefficient (Wildman–Crippen LogP) is 3.35. The lowest BCUT2D eigenvalue weighted by molar-refractivity contribution is 0.177. The van der Waals surface area contributed by atoms with E-state index in [1.54, 1.807) is 0 Å². The second-order valence-corrected chi connectivity index (χ2v) is 6.30. The molecule has 0 aromatic heterocycles. The summed E-state index contributed by atoms with van der Waals surface area (Å²) in [6.07, 6.45) is 7.97. The maximum absolute atomic E-state index is 5.77. The Hall–Kier alpha value is -1.13. The van der Waals surface area contributed by atoms with Gasteiger partial charge in [0.1, 0.15) is 10.7 Å². The highest BCUT2D eigenvalue weighted by Crippen LogP contribution is 2.21. The fourth-order valence-corrected chi connectivity index (χ4v) is 3.06. The van der Waals surface area contributed by atoms with E-state index in [0.717, 1.165) is 36.9 Å². The Balaban J connectivity index is 1.65. The Morgan fingerprint density at radius 1 is 1.24 bits per heavy atom. The van der Waals surface area contributed by atoms with Crippen LogP contribution in [0.1, 0.15) is 44.1 Å². The van der Waals surface area contributed by atoms with Crippen molar-refractivity contribution in [1.29, 1.82) is 0 Å². The molecule has 2 rings (SSSR count). The van der Waals surface area contributed by atoms with Crippen molar-refractivity contribution in [3.63, 3.8) is 0 Å². The fourth-order valence-electron chi connectivity index (χ4n) is 2.92. The van der Waals surface area contributed by atoms with Crippen LogP contribution in [0.2, 0.25) is 0 Å². The van der Waals surface area contributed by atoms with Crippen LogP contribution in [0.15, 0.2) is 24.3 Å². The summed E-state index contributed by atoms with van der Waals surface area (Å²) in [6, 6.07) is 8.46. The zero-order valence-electron chi connectivity index (χ0n) is 12.9. The topological polar surface area (TPSA) is 38.5 Å². The lowest BCUT2D eigenvalue weighted by Gasteiger charge is -2.31. The number of benzene rings is 1. The van der Waals surface area contributed by atoms with Gasteiger partial charge in [0.15, 0.2) is 0 Å². The summed E-state index contributed by atoms with van der Waals surface area (Å²) in [5.41, 5.74) is 6.46. The smallest absolute Gasteiger partial charge is 0.119 e. The first-order valence-corrected chi connectivity index (χ1v) is 8.30. The zero-order chi connectivity index (χ0) is 15.1. The lowest BCUT2D eigenvalue weighted by atomic mass is 9.94. The van der Waals surface area contributed by atoms with Crippen molar-refractivity contribution in [3.05, 3.63) is 29.8 Å². The second kappa shape index (κ2) is 8.35. The first-order chi connectivity index (χ1) is 10.2. The van der Waals surface area contributed by atoms with Crippen LogP contribution in [-0.2, 0) is 0 Å². The maximum atomic E-state index is 5.77. The molecular formula is C17H26N2OS. The van der Waals surface area contributed by atoms with Crippen LogP contribution in [-0.4, -0.2) is 36.1 Å². The van der Waals surface area contributed by atoms with Crippen molar-refractivity contribution >= 4 is 17.2 Å². The summed E-state index contributed by atoms with van der Waals surface area (Å²) in [6.45, 7) is 1.86. The number of hydrogen-bond donors (Lipinski definition) is 1. The molecular weight excluding hydrogens is 280 g/mol. The number of rotatable bonds is 7. The van der Waals surface area contributed by atoms with Gasteiger partial charge in [-0.3, -0.25) is 0 Å². The van der Waals surface area contributed by atoms with Crippen LogP contribution in [0.5, 0.6) is 5.75 Å². The molecule has 2 N–H and O–H groups in total. The summed E-state index contributed by atoms with van der Waals surface area (Å²) in [4.78, 5) is 2.93. The minimum absolute atomic E-state index is 0.427. The molecule has 0 spiro atoms. The molecule has 4 heteroatoms. The van der Waals surface area contributed by atoms with Gasteiger partial charge < -0.3 is 15.4 Å². The van der Waals surface area contributed by atoms with Gasteiger partial charge in [0, 0.05) is 18.2 Å². The van der Waals surface area contributed by atoms with E-state index < -0.39 is 0 Å². The van der Waals surface area contributed by atoms with E-state index in [0.29, 0.717) is 4.99 Å². The predicted molar refractivity (Wildman–Crippen MR) is 91.9 cm³/mol. The Morgan fingerprint density at radius 2 is 1.90 bits per heavy atom. The molecule has 116 valence electrons. The highest BCUT2D eigenvalue weighted by Gasteiger charge is 2.17. The monoisotopic (exact) mass is 306 g/mol. The first-order valence-electron chi connectivity index (χ1n) is 7.90. The quantitative estimate of drug-likeness (QED) is 0.619. The van der Waals surface area contributed by atoms with E-state index >= 15 is 0 Å². The normalized spacial score (nSPS) is 16.1. The van der Waals surface area contributed by atoms with Gasteiger partial charge in [-0.15, -0.1) is 0 Å². The highest BCUT2D eigenvalue weighted by molar-refractivity contribution is 7.80. The van der Waals surface area contributed by atoms with Gasteiger partial charge in [-0.1, -0.05) is 31.5 Å². The van der Waals surface area contributed by atoms with Crippen molar-refractivity contribution in [3.8, 4) is 5.75 Å². The standard InChI is InChI=1S/C17H26N2OS/c1-19(15-6-3-2-4-7-15)12-5-13-20-16-10-8-14(9-11-16)17(18)21/h8-11,15H,2-7,12-13H2,1H3,(H2,18,21). The third-order valence-electron chi connectivity index (χ3n) is 4.26. The molecule has 21 heavy (non-hydrogen) atoms. The van der Waals surface area contributed by atoms with Crippen molar-refractivity contribution < 1.29 is 4.74 Å². The van der Waals surface area contributed by atoms with Gasteiger partial charge in [-0.25, -0.2) is 0 Å². The number of nitrogens with zero attached hydrogens (tertiary/aromatic N) is 1. The molecule has 1 fully saturated rings. The van der Waals surface area contributed by atoms with Crippen LogP contribution in [0, 0.1) is 0 Å². The molecule has 0 unspecified atom stereocenters. The third-order valence-corrected chi connectivity index (χ3v) is 4.50. The van der Waals surface area contributed by atoms with Crippen LogP contribution in [0.3, 0.4) is 0 Å². The average Bonchev–Trinajstić information content (AvgIpc) is 2.52. The molecule has 1 aliphatic carbocycles.